The van der Waals surface area contributed by atoms with Crippen molar-refractivity contribution < 1.29 is 14.5 Å². The van der Waals surface area contributed by atoms with Crippen LogP contribution in [0.4, 0.5) is 11.4 Å². The molecule has 0 spiro atoms. The molecule has 1 unspecified atom stereocenters. The Kier molecular flexibility index (Phi) is 3.44. The third-order valence-electron chi connectivity index (χ3n) is 3.53. The average Bonchev–Trinajstić information content (AvgIpc) is 2.71. The van der Waals surface area contributed by atoms with Gasteiger partial charge in [0.05, 0.1) is 16.5 Å². The van der Waals surface area contributed by atoms with Crippen LogP contribution in [0.3, 0.4) is 0 Å². The normalized spacial score (nSPS) is 18.4. The van der Waals surface area contributed by atoms with Crippen LogP contribution in [0.2, 0.25) is 0 Å². The number of carbonyl (C=O) groups is 2. The lowest BCUT2D eigenvalue weighted by atomic mass is 10.1. The summed E-state index contributed by atoms with van der Waals surface area (Å²) in [6.07, 6.45) is 0.0520. The van der Waals surface area contributed by atoms with Crippen LogP contribution in [0.5, 0.6) is 0 Å². The van der Waals surface area contributed by atoms with Crippen molar-refractivity contribution in [3.8, 4) is 0 Å². The van der Waals surface area contributed by atoms with Gasteiger partial charge in [-0.25, -0.2) is 0 Å². The number of anilines is 1. The first-order valence-corrected chi connectivity index (χ1v) is 6.16. The second-order valence-corrected chi connectivity index (χ2v) is 4.99. The SMILES string of the molecule is Cc1cc(C)c([N+](=O)[O-])cc1N1CC(C(N)=O)CC1=O. The number of amides is 2. The van der Waals surface area contributed by atoms with Gasteiger partial charge in [0.25, 0.3) is 5.69 Å². The quantitative estimate of drug-likeness (QED) is 0.658. The number of nitro groups is 1. The first-order valence-electron chi connectivity index (χ1n) is 6.16. The molecule has 7 heteroatoms. The summed E-state index contributed by atoms with van der Waals surface area (Å²) in [6, 6.07) is 3.05. The van der Waals surface area contributed by atoms with E-state index < -0.39 is 16.7 Å². The fraction of sp³-hybridized carbons (Fsp3) is 0.385. The standard InChI is InChI=1S/C13H15N3O4/c1-7-3-8(2)11(16(19)20)5-10(7)15-6-9(13(14)18)4-12(15)17/h3,5,9H,4,6H2,1-2H3,(H2,14,18). The van der Waals surface area contributed by atoms with Crippen LogP contribution in [0.1, 0.15) is 17.5 Å². The van der Waals surface area contributed by atoms with Gasteiger partial charge in [-0.15, -0.1) is 0 Å². The number of nitrogens with two attached hydrogens (primary N) is 1. The minimum Gasteiger partial charge on any atom is -0.369 e. The summed E-state index contributed by atoms with van der Waals surface area (Å²) in [7, 11) is 0. The molecule has 106 valence electrons. The smallest absolute Gasteiger partial charge is 0.274 e. The highest BCUT2D eigenvalue weighted by atomic mass is 16.6. The second kappa shape index (κ2) is 4.92. The van der Waals surface area contributed by atoms with Crippen molar-refractivity contribution in [1.82, 2.24) is 0 Å². The molecule has 1 aromatic carbocycles. The molecule has 20 heavy (non-hydrogen) atoms. The number of hydrogen-bond donors (Lipinski definition) is 1. The maximum Gasteiger partial charge on any atom is 0.274 e. The molecule has 1 aliphatic heterocycles. The molecule has 1 saturated heterocycles. The van der Waals surface area contributed by atoms with Crippen LogP contribution in [-0.2, 0) is 9.59 Å². The minimum absolute atomic E-state index is 0.0408. The Balaban J connectivity index is 2.43. The van der Waals surface area contributed by atoms with Gasteiger partial charge in [0.1, 0.15) is 0 Å². The van der Waals surface area contributed by atoms with Crippen LogP contribution in [0, 0.1) is 29.9 Å². The lowest BCUT2D eigenvalue weighted by molar-refractivity contribution is -0.385. The monoisotopic (exact) mass is 277 g/mol. The number of hydrogen-bond acceptors (Lipinski definition) is 4. The van der Waals surface area contributed by atoms with Crippen molar-refractivity contribution >= 4 is 23.2 Å². The number of carbonyl (C=O) groups excluding carboxylic acids is 2. The van der Waals surface area contributed by atoms with E-state index in [1.165, 1.54) is 11.0 Å². The van der Waals surface area contributed by atoms with E-state index in [9.17, 15) is 19.7 Å². The Morgan fingerprint density at radius 1 is 1.40 bits per heavy atom. The van der Waals surface area contributed by atoms with Gasteiger partial charge in [-0.05, 0) is 25.5 Å². The molecular weight excluding hydrogens is 262 g/mol. The predicted molar refractivity (Wildman–Crippen MR) is 72.2 cm³/mol. The molecule has 2 N–H and O–H groups in total. The van der Waals surface area contributed by atoms with Crippen molar-refractivity contribution in [3.63, 3.8) is 0 Å². The van der Waals surface area contributed by atoms with Crippen LogP contribution in [-0.4, -0.2) is 23.3 Å². The van der Waals surface area contributed by atoms with Crippen molar-refractivity contribution in [2.24, 2.45) is 11.7 Å². The summed E-state index contributed by atoms with van der Waals surface area (Å²) in [5.74, 6) is -1.31. The lowest BCUT2D eigenvalue weighted by Crippen LogP contribution is -2.29. The third kappa shape index (κ3) is 2.34. The van der Waals surface area contributed by atoms with Gasteiger partial charge in [-0.2, -0.15) is 0 Å². The van der Waals surface area contributed by atoms with Gasteiger partial charge in [-0.3, -0.25) is 19.7 Å². The van der Waals surface area contributed by atoms with Crippen molar-refractivity contribution in [2.45, 2.75) is 20.3 Å². The summed E-state index contributed by atoms with van der Waals surface area (Å²) < 4.78 is 0. The van der Waals surface area contributed by atoms with Crippen LogP contribution in [0.15, 0.2) is 12.1 Å². The van der Waals surface area contributed by atoms with E-state index in [4.69, 9.17) is 5.73 Å². The molecule has 0 saturated carbocycles. The van der Waals surface area contributed by atoms with Gasteiger partial charge in [0, 0.05) is 24.6 Å². The van der Waals surface area contributed by atoms with E-state index in [0.717, 1.165) is 5.56 Å². The van der Waals surface area contributed by atoms with Crippen LogP contribution >= 0.6 is 0 Å². The van der Waals surface area contributed by atoms with E-state index in [1.807, 2.05) is 0 Å². The summed E-state index contributed by atoms with van der Waals surface area (Å²) in [5, 5.41) is 11.0. The highest BCUT2D eigenvalue weighted by molar-refractivity contribution is 6.00. The van der Waals surface area contributed by atoms with E-state index >= 15 is 0 Å². The van der Waals surface area contributed by atoms with Gasteiger partial charge in [0.2, 0.25) is 11.8 Å². The number of benzene rings is 1. The average molecular weight is 277 g/mol. The molecule has 2 rings (SSSR count). The Labute approximate surface area is 115 Å². The van der Waals surface area contributed by atoms with Crippen molar-refractivity contribution in [3.05, 3.63) is 33.4 Å². The predicted octanol–water partition coefficient (Wildman–Crippen LogP) is 1.05. The van der Waals surface area contributed by atoms with Crippen LogP contribution < -0.4 is 10.6 Å². The number of primary amides is 1. The molecule has 1 aromatic rings. The van der Waals surface area contributed by atoms with Crippen LogP contribution in [0.25, 0.3) is 0 Å². The van der Waals surface area contributed by atoms with Crippen molar-refractivity contribution in [2.75, 3.05) is 11.4 Å². The second-order valence-electron chi connectivity index (χ2n) is 4.99. The zero-order chi connectivity index (χ0) is 15.0. The Morgan fingerprint density at radius 2 is 2.05 bits per heavy atom. The molecule has 1 fully saturated rings. The molecule has 1 heterocycles. The summed E-state index contributed by atoms with van der Waals surface area (Å²) >= 11 is 0. The fourth-order valence-electron chi connectivity index (χ4n) is 2.45. The summed E-state index contributed by atoms with van der Waals surface area (Å²) in [6.45, 7) is 3.60. The fourth-order valence-corrected chi connectivity index (χ4v) is 2.45. The molecular formula is C13H15N3O4. The van der Waals surface area contributed by atoms with Gasteiger partial charge < -0.3 is 10.6 Å². The minimum atomic E-state index is -0.540. The molecule has 0 aromatic heterocycles. The highest BCUT2D eigenvalue weighted by Crippen LogP contribution is 2.32. The molecule has 0 bridgehead atoms. The molecule has 7 nitrogen and oxygen atoms in total. The zero-order valence-corrected chi connectivity index (χ0v) is 11.3. The molecule has 1 aliphatic rings. The molecule has 1 atom stereocenters. The Morgan fingerprint density at radius 3 is 2.55 bits per heavy atom. The topological polar surface area (TPSA) is 107 Å². The number of rotatable bonds is 3. The van der Waals surface area contributed by atoms with Gasteiger partial charge >= 0.3 is 0 Å². The Hall–Kier alpha value is -2.44. The van der Waals surface area contributed by atoms with E-state index in [1.54, 1.807) is 19.9 Å². The van der Waals surface area contributed by atoms with Gasteiger partial charge in [-0.1, -0.05) is 0 Å². The van der Waals surface area contributed by atoms with Gasteiger partial charge in [0.15, 0.2) is 0 Å². The van der Waals surface area contributed by atoms with E-state index in [-0.39, 0.29) is 24.6 Å². The number of nitrogens with zero attached hydrogens (tertiary/aromatic N) is 2. The molecule has 0 radical (unpaired) electrons. The van der Waals surface area contributed by atoms with Crippen molar-refractivity contribution in [1.29, 1.82) is 0 Å². The molecule has 0 aliphatic carbocycles. The zero-order valence-electron chi connectivity index (χ0n) is 11.3. The first kappa shape index (κ1) is 14.0. The first-order chi connectivity index (χ1) is 9.31. The Bertz CT molecular complexity index is 612. The highest BCUT2D eigenvalue weighted by Gasteiger charge is 2.35. The van der Waals surface area contributed by atoms with E-state index in [0.29, 0.717) is 11.3 Å². The lowest BCUT2D eigenvalue weighted by Gasteiger charge is -2.19. The third-order valence-corrected chi connectivity index (χ3v) is 3.53. The van der Waals surface area contributed by atoms with E-state index in [2.05, 4.69) is 0 Å². The largest absolute Gasteiger partial charge is 0.369 e. The maximum absolute atomic E-state index is 12.0. The summed E-state index contributed by atoms with van der Waals surface area (Å²) in [5.41, 5.74) is 6.93. The summed E-state index contributed by atoms with van der Waals surface area (Å²) in [4.78, 5) is 35.0. The number of nitro benzene ring substituents is 1. The number of aryl methyl sites for hydroxylation is 2. The maximum atomic E-state index is 12.0. The molecule has 2 amide bonds.